The summed E-state index contributed by atoms with van der Waals surface area (Å²) in [5.74, 6) is -1.27. The molecule has 20 heavy (non-hydrogen) atoms. The predicted octanol–water partition coefficient (Wildman–Crippen LogP) is 2.74. The molecule has 0 saturated heterocycles. The van der Waals surface area contributed by atoms with E-state index in [1.807, 2.05) is 20.8 Å². The van der Waals surface area contributed by atoms with Crippen molar-refractivity contribution in [2.45, 2.75) is 39.8 Å². The number of aromatic nitrogens is 3. The topological polar surface area (TPSA) is 42.7 Å². The normalized spacial score (nSPS) is 11.9. The van der Waals surface area contributed by atoms with Crippen LogP contribution in [0.1, 0.15) is 32.0 Å². The molecular formula is C14H18F2N4. The van der Waals surface area contributed by atoms with E-state index in [0.29, 0.717) is 17.8 Å². The van der Waals surface area contributed by atoms with E-state index in [9.17, 15) is 8.78 Å². The number of nitrogens with zero attached hydrogens (tertiary/aromatic N) is 3. The first kappa shape index (κ1) is 14.6. The lowest BCUT2D eigenvalue weighted by atomic mass is 10.1. The summed E-state index contributed by atoms with van der Waals surface area (Å²) in [6.45, 7) is 8.03. The highest BCUT2D eigenvalue weighted by Gasteiger charge is 2.18. The first-order valence-corrected chi connectivity index (χ1v) is 6.39. The first-order valence-electron chi connectivity index (χ1n) is 6.39. The molecular weight excluding hydrogens is 262 g/mol. The van der Waals surface area contributed by atoms with Gasteiger partial charge < -0.3 is 5.32 Å². The highest BCUT2D eigenvalue weighted by Crippen LogP contribution is 2.21. The maximum atomic E-state index is 14.1. The average Bonchev–Trinajstić information content (AvgIpc) is 2.79. The molecule has 1 aromatic carbocycles. The molecule has 0 radical (unpaired) electrons. The van der Waals surface area contributed by atoms with E-state index in [1.54, 1.807) is 6.92 Å². The monoisotopic (exact) mass is 280 g/mol. The molecule has 1 aromatic heterocycles. The summed E-state index contributed by atoms with van der Waals surface area (Å²) < 4.78 is 29.2. The zero-order valence-corrected chi connectivity index (χ0v) is 12.0. The minimum absolute atomic E-state index is 0.112. The van der Waals surface area contributed by atoms with Gasteiger partial charge in [-0.3, -0.25) is 0 Å². The number of benzene rings is 1. The van der Waals surface area contributed by atoms with Gasteiger partial charge in [-0.15, -0.1) is 5.10 Å². The van der Waals surface area contributed by atoms with E-state index in [-0.39, 0.29) is 11.2 Å². The van der Waals surface area contributed by atoms with E-state index < -0.39 is 11.6 Å². The Morgan fingerprint density at radius 1 is 1.25 bits per heavy atom. The van der Waals surface area contributed by atoms with E-state index in [1.165, 1.54) is 23.0 Å². The van der Waals surface area contributed by atoms with Crippen LogP contribution in [0.4, 0.5) is 8.78 Å². The summed E-state index contributed by atoms with van der Waals surface area (Å²) in [7, 11) is 0. The van der Waals surface area contributed by atoms with Crippen molar-refractivity contribution in [1.82, 2.24) is 20.3 Å². The van der Waals surface area contributed by atoms with E-state index in [2.05, 4.69) is 15.6 Å². The maximum Gasteiger partial charge on any atom is 0.154 e. The predicted molar refractivity (Wildman–Crippen MR) is 72.6 cm³/mol. The fourth-order valence-corrected chi connectivity index (χ4v) is 1.76. The Kier molecular flexibility index (Phi) is 3.85. The lowest BCUT2D eigenvalue weighted by Crippen LogP contribution is -2.35. The Hall–Kier alpha value is -1.82. The second-order valence-corrected chi connectivity index (χ2v) is 5.77. The molecule has 0 fully saturated rings. The number of nitrogens with one attached hydrogen (secondary N) is 1. The Labute approximate surface area is 116 Å². The van der Waals surface area contributed by atoms with Crippen molar-refractivity contribution in [2.24, 2.45) is 0 Å². The van der Waals surface area contributed by atoms with Gasteiger partial charge in [-0.05, 0) is 39.3 Å². The van der Waals surface area contributed by atoms with Crippen LogP contribution in [0.5, 0.6) is 0 Å². The number of halogens is 2. The van der Waals surface area contributed by atoms with Crippen molar-refractivity contribution in [1.29, 1.82) is 0 Å². The smallest absolute Gasteiger partial charge is 0.154 e. The third kappa shape index (κ3) is 3.01. The van der Waals surface area contributed by atoms with Crippen molar-refractivity contribution < 1.29 is 8.78 Å². The molecule has 1 N–H and O–H groups in total. The molecule has 0 bridgehead atoms. The van der Waals surface area contributed by atoms with Crippen LogP contribution in [0.3, 0.4) is 0 Å². The van der Waals surface area contributed by atoms with Crippen LogP contribution in [0.2, 0.25) is 0 Å². The molecule has 0 saturated carbocycles. The molecule has 0 aliphatic heterocycles. The molecule has 0 amide bonds. The van der Waals surface area contributed by atoms with Gasteiger partial charge >= 0.3 is 0 Å². The molecule has 1 heterocycles. The van der Waals surface area contributed by atoms with Gasteiger partial charge in [0.25, 0.3) is 0 Å². The van der Waals surface area contributed by atoms with Crippen LogP contribution in [-0.4, -0.2) is 20.5 Å². The average molecular weight is 280 g/mol. The Morgan fingerprint density at radius 3 is 2.60 bits per heavy atom. The third-order valence-electron chi connectivity index (χ3n) is 2.89. The van der Waals surface area contributed by atoms with E-state index in [0.717, 1.165) is 0 Å². The summed E-state index contributed by atoms with van der Waals surface area (Å²) in [6.07, 6.45) is 1.50. The van der Waals surface area contributed by atoms with Crippen LogP contribution in [-0.2, 0) is 6.54 Å². The lowest BCUT2D eigenvalue weighted by Gasteiger charge is -2.20. The van der Waals surface area contributed by atoms with Crippen LogP contribution in [0, 0.1) is 18.6 Å². The molecule has 2 aromatic rings. The summed E-state index contributed by atoms with van der Waals surface area (Å²) in [6, 6.07) is 2.63. The number of hydrogen-bond donors (Lipinski definition) is 1. The quantitative estimate of drug-likeness (QED) is 0.940. The van der Waals surface area contributed by atoms with Gasteiger partial charge in [-0.2, -0.15) is 0 Å². The van der Waals surface area contributed by atoms with Crippen molar-refractivity contribution in [3.05, 3.63) is 41.2 Å². The van der Waals surface area contributed by atoms with Crippen molar-refractivity contribution in [3.8, 4) is 5.69 Å². The molecule has 0 unspecified atom stereocenters. The zero-order chi connectivity index (χ0) is 14.9. The second-order valence-electron chi connectivity index (χ2n) is 5.77. The Balaban J connectivity index is 2.40. The van der Waals surface area contributed by atoms with Crippen LogP contribution in [0.15, 0.2) is 18.3 Å². The standard InChI is InChI=1S/C14H18F2N4/c1-9-5-6-11(15)13(12(9)16)20-10(8-18-19-20)7-17-14(2,3)4/h5-6,8,17H,7H2,1-4H3. The second kappa shape index (κ2) is 5.28. The molecule has 0 aliphatic carbocycles. The molecule has 108 valence electrons. The van der Waals surface area contributed by atoms with Crippen LogP contribution >= 0.6 is 0 Å². The lowest BCUT2D eigenvalue weighted by molar-refractivity contribution is 0.417. The Morgan fingerprint density at radius 2 is 1.95 bits per heavy atom. The largest absolute Gasteiger partial charge is 0.306 e. The third-order valence-corrected chi connectivity index (χ3v) is 2.89. The molecule has 2 rings (SSSR count). The number of aryl methyl sites for hydroxylation is 1. The molecule has 0 atom stereocenters. The van der Waals surface area contributed by atoms with Gasteiger partial charge in [0.05, 0.1) is 11.9 Å². The fraction of sp³-hybridized carbons (Fsp3) is 0.429. The maximum absolute atomic E-state index is 14.1. The van der Waals surface area contributed by atoms with Crippen molar-refractivity contribution >= 4 is 0 Å². The van der Waals surface area contributed by atoms with Gasteiger partial charge in [0.15, 0.2) is 11.6 Å². The molecule has 0 aliphatic rings. The highest BCUT2D eigenvalue weighted by molar-refractivity contribution is 5.39. The zero-order valence-electron chi connectivity index (χ0n) is 12.0. The minimum Gasteiger partial charge on any atom is -0.306 e. The van der Waals surface area contributed by atoms with Gasteiger partial charge in [0.1, 0.15) is 5.69 Å². The van der Waals surface area contributed by atoms with Gasteiger partial charge in [0, 0.05) is 12.1 Å². The SMILES string of the molecule is Cc1ccc(F)c(-n2nncc2CNC(C)(C)C)c1F. The molecule has 6 heteroatoms. The number of rotatable bonds is 3. The Bertz CT molecular complexity index is 614. The molecule has 0 spiro atoms. The van der Waals surface area contributed by atoms with Crippen LogP contribution in [0.25, 0.3) is 5.69 Å². The van der Waals surface area contributed by atoms with E-state index in [4.69, 9.17) is 0 Å². The van der Waals surface area contributed by atoms with Gasteiger partial charge in [-0.1, -0.05) is 11.3 Å². The van der Waals surface area contributed by atoms with Crippen LogP contribution < -0.4 is 5.32 Å². The van der Waals surface area contributed by atoms with Gasteiger partial charge in [-0.25, -0.2) is 13.5 Å². The summed E-state index contributed by atoms with van der Waals surface area (Å²) >= 11 is 0. The number of hydrogen-bond acceptors (Lipinski definition) is 3. The first-order chi connectivity index (χ1) is 9.29. The van der Waals surface area contributed by atoms with Gasteiger partial charge in [0.2, 0.25) is 0 Å². The van der Waals surface area contributed by atoms with E-state index >= 15 is 0 Å². The minimum atomic E-state index is -0.657. The molecule has 4 nitrogen and oxygen atoms in total. The summed E-state index contributed by atoms with van der Waals surface area (Å²) in [5.41, 5.74) is 0.668. The summed E-state index contributed by atoms with van der Waals surface area (Å²) in [5, 5.41) is 10.8. The highest BCUT2D eigenvalue weighted by atomic mass is 19.1. The summed E-state index contributed by atoms with van der Waals surface area (Å²) in [4.78, 5) is 0. The fourth-order valence-electron chi connectivity index (χ4n) is 1.76. The van der Waals surface area contributed by atoms with Crippen molar-refractivity contribution in [3.63, 3.8) is 0 Å². The van der Waals surface area contributed by atoms with Crippen molar-refractivity contribution in [2.75, 3.05) is 0 Å².